The molecule has 0 spiro atoms. The topological polar surface area (TPSA) is 54.3 Å². The largest absolute Gasteiger partial charge is 0.330 e. The van der Waals surface area contributed by atoms with Gasteiger partial charge in [-0.05, 0) is 72.0 Å². The van der Waals surface area contributed by atoms with Crippen LogP contribution >= 0.6 is 22.9 Å². The first kappa shape index (κ1) is 21.5. The molecule has 2 aromatic heterocycles. The number of thiophene rings is 1. The Morgan fingerprint density at radius 3 is 2.55 bits per heavy atom. The summed E-state index contributed by atoms with van der Waals surface area (Å²) in [6, 6.07) is 20.8. The number of hydrogen-bond donors (Lipinski definition) is 1. The fraction of sp³-hybridized carbons (Fsp3) is 0.154. The quantitative estimate of drug-likeness (QED) is 0.399. The third-order valence-corrected chi connectivity index (χ3v) is 7.14. The van der Waals surface area contributed by atoms with Crippen molar-refractivity contribution in [1.29, 1.82) is 0 Å². The van der Waals surface area contributed by atoms with Crippen molar-refractivity contribution in [3.05, 3.63) is 105 Å². The Morgan fingerprint density at radius 1 is 1.00 bits per heavy atom. The van der Waals surface area contributed by atoms with Crippen LogP contribution in [0, 0.1) is 6.92 Å². The van der Waals surface area contributed by atoms with Gasteiger partial charge in [-0.25, -0.2) is 0 Å². The van der Waals surface area contributed by atoms with Gasteiger partial charge < -0.3 is 14.8 Å². The standard InChI is InChI=1S/C26H22ClN3O2S/c1-17-19(12-13-33-17)14-25(31)28-21-8-6-18(7-9-21)26(32)30-16-22-10-11-24(27)29(22)15-20-4-2-3-5-23(20)30/h2-13H,14-16H2,1H3,(H,28,31). The Hall–Kier alpha value is -3.35. The average molecular weight is 476 g/mol. The van der Waals surface area contributed by atoms with Crippen molar-refractivity contribution in [3.63, 3.8) is 0 Å². The van der Waals surface area contributed by atoms with Crippen molar-refractivity contribution in [1.82, 2.24) is 4.57 Å². The second-order valence-corrected chi connectivity index (χ2v) is 9.57. The van der Waals surface area contributed by atoms with Gasteiger partial charge in [0.2, 0.25) is 5.91 Å². The van der Waals surface area contributed by atoms with Crippen LogP contribution in [-0.4, -0.2) is 16.4 Å². The lowest BCUT2D eigenvalue weighted by Gasteiger charge is -2.23. The van der Waals surface area contributed by atoms with E-state index in [1.165, 1.54) is 0 Å². The van der Waals surface area contributed by atoms with Crippen molar-refractivity contribution in [2.75, 3.05) is 10.2 Å². The molecule has 5 nitrogen and oxygen atoms in total. The van der Waals surface area contributed by atoms with Gasteiger partial charge in [0.25, 0.3) is 5.91 Å². The molecular weight excluding hydrogens is 454 g/mol. The molecule has 33 heavy (non-hydrogen) atoms. The number of aromatic nitrogens is 1. The number of para-hydroxylation sites is 1. The van der Waals surface area contributed by atoms with Crippen molar-refractivity contribution in [3.8, 4) is 0 Å². The van der Waals surface area contributed by atoms with Gasteiger partial charge >= 0.3 is 0 Å². The summed E-state index contributed by atoms with van der Waals surface area (Å²) < 4.78 is 2.03. The number of halogens is 1. The maximum absolute atomic E-state index is 13.5. The van der Waals surface area contributed by atoms with Crippen LogP contribution in [0.3, 0.4) is 0 Å². The molecule has 0 bridgehead atoms. The predicted octanol–water partition coefficient (Wildman–Crippen LogP) is 5.90. The number of rotatable bonds is 4. The number of nitrogens with zero attached hydrogens (tertiary/aromatic N) is 2. The van der Waals surface area contributed by atoms with Crippen LogP contribution in [0.15, 0.2) is 72.1 Å². The summed E-state index contributed by atoms with van der Waals surface area (Å²) in [5, 5.41) is 5.57. The SMILES string of the molecule is Cc1sccc1CC(=O)Nc1ccc(C(=O)N2Cc3ccc(Cl)n3Cc3ccccc32)cc1. The Balaban J connectivity index is 1.36. The van der Waals surface area contributed by atoms with Gasteiger partial charge in [-0.2, -0.15) is 0 Å². The number of aryl methyl sites for hydroxylation is 1. The van der Waals surface area contributed by atoms with Crippen LogP contribution in [-0.2, 0) is 24.3 Å². The average Bonchev–Trinajstić information content (AvgIpc) is 3.32. The number of nitrogens with one attached hydrogen (secondary N) is 1. The molecule has 0 fully saturated rings. The van der Waals surface area contributed by atoms with E-state index in [-0.39, 0.29) is 11.8 Å². The molecule has 0 atom stereocenters. The second-order valence-electron chi connectivity index (χ2n) is 8.06. The number of carbonyl (C=O) groups is 2. The third kappa shape index (κ3) is 4.32. The van der Waals surface area contributed by atoms with Crippen molar-refractivity contribution in [2.45, 2.75) is 26.4 Å². The lowest BCUT2D eigenvalue weighted by atomic mass is 10.1. The first-order chi connectivity index (χ1) is 16.0. The third-order valence-electron chi connectivity index (χ3n) is 5.93. The number of benzene rings is 2. The molecule has 7 heteroatoms. The molecule has 2 aromatic carbocycles. The number of carbonyl (C=O) groups excluding carboxylic acids is 2. The molecule has 0 saturated heterocycles. The van der Waals surface area contributed by atoms with Gasteiger partial charge in [0.05, 0.1) is 19.5 Å². The minimum absolute atomic E-state index is 0.0744. The molecule has 2 amide bonds. The summed E-state index contributed by atoms with van der Waals surface area (Å²) in [6.07, 6.45) is 0.336. The highest BCUT2D eigenvalue weighted by Gasteiger charge is 2.25. The number of amides is 2. The maximum atomic E-state index is 13.5. The minimum Gasteiger partial charge on any atom is -0.330 e. The molecule has 1 N–H and O–H groups in total. The summed E-state index contributed by atoms with van der Waals surface area (Å²) in [5.41, 5.74) is 5.16. The first-order valence-electron chi connectivity index (χ1n) is 10.7. The van der Waals surface area contributed by atoms with Crippen LogP contribution in [0.1, 0.15) is 32.1 Å². The predicted molar refractivity (Wildman–Crippen MR) is 133 cm³/mol. The van der Waals surface area contributed by atoms with Crippen molar-refractivity contribution < 1.29 is 9.59 Å². The molecule has 0 aliphatic carbocycles. The van der Waals surface area contributed by atoms with Gasteiger partial charge in [-0.15, -0.1) is 11.3 Å². The normalized spacial score (nSPS) is 12.6. The molecule has 0 unspecified atom stereocenters. The van der Waals surface area contributed by atoms with Crippen LogP contribution < -0.4 is 10.2 Å². The first-order valence-corrected chi connectivity index (χ1v) is 11.9. The smallest absolute Gasteiger partial charge is 0.258 e. The Morgan fingerprint density at radius 2 is 1.79 bits per heavy atom. The van der Waals surface area contributed by atoms with Crippen molar-refractivity contribution in [2.24, 2.45) is 0 Å². The number of hydrogen-bond acceptors (Lipinski definition) is 3. The molecule has 1 aliphatic heterocycles. The summed E-state index contributed by atoms with van der Waals surface area (Å²) in [5.74, 6) is -0.172. The summed E-state index contributed by atoms with van der Waals surface area (Å²) >= 11 is 8.01. The van der Waals surface area contributed by atoms with E-state index < -0.39 is 0 Å². The highest BCUT2D eigenvalue weighted by atomic mass is 35.5. The van der Waals surface area contributed by atoms with E-state index >= 15 is 0 Å². The second kappa shape index (κ2) is 8.89. The highest BCUT2D eigenvalue weighted by molar-refractivity contribution is 7.10. The van der Waals surface area contributed by atoms with Crippen LogP contribution in [0.2, 0.25) is 5.15 Å². The summed E-state index contributed by atoms with van der Waals surface area (Å²) in [7, 11) is 0. The van der Waals surface area contributed by atoms with E-state index in [0.717, 1.165) is 27.4 Å². The maximum Gasteiger partial charge on any atom is 0.258 e. The highest BCUT2D eigenvalue weighted by Crippen LogP contribution is 2.31. The fourth-order valence-corrected chi connectivity index (χ4v) is 5.09. The Kier molecular flexibility index (Phi) is 5.79. The molecule has 0 radical (unpaired) electrons. The molecule has 166 valence electrons. The van der Waals surface area contributed by atoms with Gasteiger partial charge in [0.1, 0.15) is 5.15 Å². The molecular formula is C26H22ClN3O2S. The molecule has 0 saturated carbocycles. The van der Waals surface area contributed by atoms with Gasteiger partial charge in [0, 0.05) is 27.5 Å². The van der Waals surface area contributed by atoms with Crippen LogP contribution in [0.4, 0.5) is 11.4 Å². The van der Waals surface area contributed by atoms with Gasteiger partial charge in [-0.3, -0.25) is 9.59 Å². The van der Waals surface area contributed by atoms with E-state index in [2.05, 4.69) is 5.32 Å². The lowest BCUT2D eigenvalue weighted by Crippen LogP contribution is -2.30. The van der Waals surface area contributed by atoms with Crippen LogP contribution in [0.5, 0.6) is 0 Å². The zero-order valence-corrected chi connectivity index (χ0v) is 19.6. The van der Waals surface area contributed by atoms with E-state index in [4.69, 9.17) is 11.6 Å². The van der Waals surface area contributed by atoms with Gasteiger partial charge in [0.15, 0.2) is 0 Å². The molecule has 3 heterocycles. The summed E-state index contributed by atoms with van der Waals surface area (Å²) in [4.78, 5) is 28.8. The summed E-state index contributed by atoms with van der Waals surface area (Å²) in [6.45, 7) is 3.07. The Bertz CT molecular complexity index is 1340. The zero-order chi connectivity index (χ0) is 22.9. The van der Waals surface area contributed by atoms with Gasteiger partial charge in [-0.1, -0.05) is 29.8 Å². The Labute approximate surface area is 201 Å². The molecule has 5 rings (SSSR count). The van der Waals surface area contributed by atoms with E-state index in [9.17, 15) is 9.59 Å². The van der Waals surface area contributed by atoms with E-state index in [0.29, 0.717) is 35.9 Å². The lowest BCUT2D eigenvalue weighted by molar-refractivity contribution is -0.115. The minimum atomic E-state index is -0.0972. The zero-order valence-electron chi connectivity index (χ0n) is 18.0. The van der Waals surface area contributed by atoms with Crippen LogP contribution in [0.25, 0.3) is 0 Å². The van der Waals surface area contributed by atoms with Crippen molar-refractivity contribution >= 4 is 46.1 Å². The number of anilines is 2. The fourth-order valence-electron chi connectivity index (χ4n) is 4.13. The molecule has 4 aromatic rings. The van der Waals surface area contributed by atoms with E-state index in [1.807, 2.05) is 59.3 Å². The number of fused-ring (bicyclic) bond motifs is 2. The molecule has 1 aliphatic rings. The monoisotopic (exact) mass is 475 g/mol. The van der Waals surface area contributed by atoms with E-state index in [1.54, 1.807) is 40.5 Å².